The van der Waals surface area contributed by atoms with Crippen LogP contribution in [0.15, 0.2) is 48.5 Å². The van der Waals surface area contributed by atoms with Gasteiger partial charge in [-0.25, -0.2) is 0 Å². The first-order valence-electron chi connectivity index (χ1n) is 8.45. The number of amides is 1. The van der Waals surface area contributed by atoms with E-state index in [1.807, 2.05) is 44.4 Å². The Kier molecular flexibility index (Phi) is 5.68. The van der Waals surface area contributed by atoms with Gasteiger partial charge in [0.2, 0.25) is 0 Å². The second-order valence-electron chi connectivity index (χ2n) is 6.45. The van der Waals surface area contributed by atoms with Gasteiger partial charge in [-0.1, -0.05) is 30.3 Å². The van der Waals surface area contributed by atoms with Crippen molar-refractivity contribution >= 4 is 5.91 Å². The number of carbonyl (C=O) groups excluding carboxylic acids is 1. The lowest BCUT2D eigenvalue weighted by atomic mass is 10.0. The summed E-state index contributed by atoms with van der Waals surface area (Å²) in [6, 6.07) is 16.0. The number of fused-ring (bicyclic) bond motifs is 1. The SMILES string of the molecule is CN(C)[C@@H](CNC(=O)c1ccc2c(c1)COCO2)Cc1ccccc1. The largest absolute Gasteiger partial charge is 0.467 e. The first-order valence-corrected chi connectivity index (χ1v) is 8.45. The fourth-order valence-electron chi connectivity index (χ4n) is 2.87. The minimum absolute atomic E-state index is 0.0757. The summed E-state index contributed by atoms with van der Waals surface area (Å²) < 4.78 is 10.7. The lowest BCUT2D eigenvalue weighted by molar-refractivity contribution is -0.0163. The van der Waals surface area contributed by atoms with Crippen LogP contribution in [0.5, 0.6) is 5.75 Å². The Balaban J connectivity index is 1.61. The molecule has 0 aromatic heterocycles. The van der Waals surface area contributed by atoms with E-state index in [0.29, 0.717) is 18.7 Å². The minimum atomic E-state index is -0.0757. The molecule has 1 aliphatic rings. The van der Waals surface area contributed by atoms with Crippen LogP contribution in [0.2, 0.25) is 0 Å². The highest BCUT2D eigenvalue weighted by molar-refractivity contribution is 5.94. The van der Waals surface area contributed by atoms with Crippen molar-refractivity contribution in [2.45, 2.75) is 19.1 Å². The number of rotatable bonds is 6. The number of hydrogen-bond donors (Lipinski definition) is 1. The second-order valence-corrected chi connectivity index (χ2v) is 6.45. The molecule has 1 heterocycles. The molecule has 1 amide bonds. The highest BCUT2D eigenvalue weighted by Crippen LogP contribution is 2.24. The fourth-order valence-corrected chi connectivity index (χ4v) is 2.87. The van der Waals surface area contributed by atoms with Crippen molar-refractivity contribution in [1.82, 2.24) is 10.2 Å². The van der Waals surface area contributed by atoms with Gasteiger partial charge in [-0.3, -0.25) is 4.79 Å². The smallest absolute Gasteiger partial charge is 0.251 e. The Bertz CT molecular complexity index is 716. The Hall–Kier alpha value is -2.37. The van der Waals surface area contributed by atoms with Gasteiger partial charge in [0.15, 0.2) is 6.79 Å². The van der Waals surface area contributed by atoms with Gasteiger partial charge >= 0.3 is 0 Å². The number of benzene rings is 2. The van der Waals surface area contributed by atoms with Crippen molar-refractivity contribution < 1.29 is 14.3 Å². The molecular formula is C20H24N2O3. The van der Waals surface area contributed by atoms with Gasteiger partial charge in [-0.15, -0.1) is 0 Å². The molecule has 1 atom stereocenters. The van der Waals surface area contributed by atoms with E-state index in [4.69, 9.17) is 9.47 Å². The fraction of sp³-hybridized carbons (Fsp3) is 0.350. The van der Waals surface area contributed by atoms with Crippen LogP contribution in [0.25, 0.3) is 0 Å². The van der Waals surface area contributed by atoms with E-state index in [-0.39, 0.29) is 18.7 Å². The van der Waals surface area contributed by atoms with E-state index < -0.39 is 0 Å². The van der Waals surface area contributed by atoms with Crippen LogP contribution in [0.3, 0.4) is 0 Å². The number of hydrogen-bond acceptors (Lipinski definition) is 4. The van der Waals surface area contributed by atoms with Crippen molar-refractivity contribution in [1.29, 1.82) is 0 Å². The predicted molar refractivity (Wildman–Crippen MR) is 96.7 cm³/mol. The lowest BCUT2D eigenvalue weighted by Crippen LogP contribution is -2.41. The van der Waals surface area contributed by atoms with Crippen LogP contribution < -0.4 is 10.1 Å². The zero-order valence-electron chi connectivity index (χ0n) is 14.7. The number of nitrogens with zero attached hydrogens (tertiary/aromatic N) is 1. The Morgan fingerprint density at radius 2 is 2.00 bits per heavy atom. The molecule has 0 bridgehead atoms. The van der Waals surface area contributed by atoms with Crippen LogP contribution in [0.4, 0.5) is 0 Å². The maximum atomic E-state index is 12.5. The molecule has 25 heavy (non-hydrogen) atoms. The zero-order chi connectivity index (χ0) is 17.6. The summed E-state index contributed by atoms with van der Waals surface area (Å²) >= 11 is 0. The summed E-state index contributed by atoms with van der Waals surface area (Å²) in [6.45, 7) is 1.33. The minimum Gasteiger partial charge on any atom is -0.467 e. The van der Waals surface area contributed by atoms with Crippen LogP contribution in [0.1, 0.15) is 21.5 Å². The maximum absolute atomic E-state index is 12.5. The van der Waals surface area contributed by atoms with Gasteiger partial charge in [0.25, 0.3) is 5.91 Å². The third kappa shape index (κ3) is 4.59. The Morgan fingerprint density at radius 1 is 1.20 bits per heavy atom. The summed E-state index contributed by atoms with van der Waals surface area (Å²) in [5.41, 5.74) is 2.80. The third-order valence-electron chi connectivity index (χ3n) is 4.42. The molecule has 1 N–H and O–H groups in total. The van der Waals surface area contributed by atoms with Crippen LogP contribution in [-0.4, -0.2) is 44.3 Å². The van der Waals surface area contributed by atoms with Crippen LogP contribution in [-0.2, 0) is 17.8 Å². The van der Waals surface area contributed by atoms with E-state index in [0.717, 1.165) is 17.7 Å². The van der Waals surface area contributed by atoms with Gasteiger partial charge in [-0.2, -0.15) is 0 Å². The normalized spacial score (nSPS) is 14.5. The maximum Gasteiger partial charge on any atom is 0.251 e. The molecule has 0 fully saturated rings. The number of carbonyl (C=O) groups is 1. The molecule has 3 rings (SSSR count). The molecule has 0 spiro atoms. The Labute approximate surface area is 148 Å². The van der Waals surface area contributed by atoms with E-state index in [1.54, 1.807) is 6.07 Å². The van der Waals surface area contributed by atoms with Gasteiger partial charge in [-0.05, 0) is 44.3 Å². The molecule has 2 aromatic rings. The third-order valence-corrected chi connectivity index (χ3v) is 4.42. The summed E-state index contributed by atoms with van der Waals surface area (Å²) in [5.74, 6) is 0.714. The molecule has 132 valence electrons. The summed E-state index contributed by atoms with van der Waals surface area (Å²) in [4.78, 5) is 14.6. The summed E-state index contributed by atoms with van der Waals surface area (Å²) in [5, 5.41) is 3.05. The average Bonchev–Trinajstić information content (AvgIpc) is 2.65. The highest BCUT2D eigenvalue weighted by atomic mass is 16.7. The van der Waals surface area contributed by atoms with Crippen molar-refractivity contribution in [3.63, 3.8) is 0 Å². The van der Waals surface area contributed by atoms with E-state index in [1.165, 1.54) is 5.56 Å². The van der Waals surface area contributed by atoms with Gasteiger partial charge in [0.05, 0.1) is 6.61 Å². The topological polar surface area (TPSA) is 50.8 Å². The molecule has 0 aliphatic carbocycles. The van der Waals surface area contributed by atoms with E-state index in [2.05, 4.69) is 22.3 Å². The zero-order valence-corrected chi connectivity index (χ0v) is 14.7. The Morgan fingerprint density at radius 3 is 2.76 bits per heavy atom. The molecule has 1 aliphatic heterocycles. The quantitative estimate of drug-likeness (QED) is 0.878. The average molecular weight is 340 g/mol. The highest BCUT2D eigenvalue weighted by Gasteiger charge is 2.17. The number of nitrogens with one attached hydrogen (secondary N) is 1. The van der Waals surface area contributed by atoms with Gasteiger partial charge in [0, 0.05) is 23.7 Å². The molecular weight excluding hydrogens is 316 g/mol. The molecule has 0 saturated carbocycles. The molecule has 0 unspecified atom stereocenters. The van der Waals surface area contributed by atoms with E-state index in [9.17, 15) is 4.79 Å². The standard InChI is InChI=1S/C20H24N2O3/c1-22(2)18(10-15-6-4-3-5-7-15)12-21-20(23)16-8-9-19-17(11-16)13-24-14-25-19/h3-9,11,18H,10,12-14H2,1-2H3,(H,21,23)/t18-/m1/s1. The van der Waals surface area contributed by atoms with Crippen molar-refractivity contribution in [2.75, 3.05) is 27.4 Å². The molecule has 5 heteroatoms. The monoisotopic (exact) mass is 340 g/mol. The molecule has 0 radical (unpaired) electrons. The molecule has 0 saturated heterocycles. The molecule has 2 aromatic carbocycles. The summed E-state index contributed by atoms with van der Waals surface area (Å²) in [6.07, 6.45) is 0.889. The van der Waals surface area contributed by atoms with Crippen molar-refractivity contribution in [2.24, 2.45) is 0 Å². The summed E-state index contributed by atoms with van der Waals surface area (Å²) in [7, 11) is 4.07. The van der Waals surface area contributed by atoms with Gasteiger partial charge < -0.3 is 19.7 Å². The first-order chi connectivity index (χ1) is 12.1. The first kappa shape index (κ1) is 17.5. The van der Waals surface area contributed by atoms with Crippen LogP contribution in [0, 0.1) is 0 Å². The van der Waals surface area contributed by atoms with Crippen LogP contribution >= 0.6 is 0 Å². The predicted octanol–water partition coefficient (Wildman–Crippen LogP) is 2.46. The van der Waals surface area contributed by atoms with Gasteiger partial charge in [0.1, 0.15) is 5.75 Å². The second kappa shape index (κ2) is 8.14. The van der Waals surface area contributed by atoms with Crippen molar-refractivity contribution in [3.05, 3.63) is 65.2 Å². The number of likely N-dealkylation sites (N-methyl/N-ethyl adjacent to an activating group) is 1. The number of ether oxygens (including phenoxy) is 2. The van der Waals surface area contributed by atoms with Crippen molar-refractivity contribution in [3.8, 4) is 5.75 Å². The molecule has 5 nitrogen and oxygen atoms in total. The lowest BCUT2D eigenvalue weighted by Gasteiger charge is -2.25. The van der Waals surface area contributed by atoms with E-state index >= 15 is 0 Å².